The minimum Gasteiger partial charge on any atom is -0.407 e. The molecule has 0 amide bonds. The fourth-order valence-electron chi connectivity index (χ4n) is 2.19. The van der Waals surface area contributed by atoms with E-state index in [1.165, 1.54) is 0 Å². The molecule has 1 aromatic carbocycles. The molecule has 3 rings (SSSR count). The van der Waals surface area contributed by atoms with E-state index in [4.69, 9.17) is 9.31 Å². The molecule has 0 spiro atoms. The van der Waals surface area contributed by atoms with E-state index in [1.807, 2.05) is 18.2 Å². The second kappa shape index (κ2) is 4.37. The van der Waals surface area contributed by atoms with Crippen LogP contribution in [0.5, 0.6) is 0 Å². The number of pyridine rings is 1. The lowest BCUT2D eigenvalue weighted by molar-refractivity contribution is 0.0344. The Hall–Kier alpha value is -1.39. The second-order valence-corrected chi connectivity index (χ2v) is 5.54. The maximum atomic E-state index is 5.83. The molecule has 2 heterocycles. The monoisotopic (exact) mass is 241 g/mol. The predicted octanol–water partition coefficient (Wildman–Crippen LogP) is 2.00. The van der Waals surface area contributed by atoms with Crippen LogP contribution < -0.4 is 5.46 Å². The van der Waals surface area contributed by atoms with Gasteiger partial charge in [-0.25, -0.2) is 0 Å². The SMILES string of the molecule is CC1(C)COB(c2cccc3cccnc23)OC1. The summed E-state index contributed by atoms with van der Waals surface area (Å²) in [5.74, 6) is 0. The minimum absolute atomic E-state index is 0.0918. The van der Waals surface area contributed by atoms with Gasteiger partial charge in [0.2, 0.25) is 0 Å². The molecule has 1 saturated heterocycles. The number of rotatable bonds is 1. The Balaban J connectivity index is 1.96. The summed E-state index contributed by atoms with van der Waals surface area (Å²) in [6.45, 7) is 5.71. The molecule has 0 atom stereocenters. The van der Waals surface area contributed by atoms with Crippen molar-refractivity contribution in [1.29, 1.82) is 0 Å². The van der Waals surface area contributed by atoms with Crippen molar-refractivity contribution in [2.24, 2.45) is 5.41 Å². The van der Waals surface area contributed by atoms with Crippen molar-refractivity contribution in [3.05, 3.63) is 36.5 Å². The van der Waals surface area contributed by atoms with Gasteiger partial charge < -0.3 is 9.31 Å². The fraction of sp³-hybridized carbons (Fsp3) is 0.357. The van der Waals surface area contributed by atoms with Crippen molar-refractivity contribution in [3.8, 4) is 0 Å². The van der Waals surface area contributed by atoms with Crippen LogP contribution in [0.4, 0.5) is 0 Å². The highest BCUT2D eigenvalue weighted by Gasteiger charge is 2.34. The summed E-state index contributed by atoms with van der Waals surface area (Å²) in [4.78, 5) is 4.43. The molecular weight excluding hydrogens is 225 g/mol. The molecule has 3 nitrogen and oxygen atoms in total. The molecule has 0 radical (unpaired) electrons. The van der Waals surface area contributed by atoms with Gasteiger partial charge in [0.25, 0.3) is 0 Å². The highest BCUT2D eigenvalue weighted by atomic mass is 16.6. The molecule has 2 aromatic rings. The van der Waals surface area contributed by atoms with Crippen LogP contribution in [-0.2, 0) is 9.31 Å². The van der Waals surface area contributed by atoms with Crippen LogP contribution in [0.15, 0.2) is 36.5 Å². The van der Waals surface area contributed by atoms with Crippen LogP contribution in [0, 0.1) is 5.41 Å². The van der Waals surface area contributed by atoms with Gasteiger partial charge in [-0.1, -0.05) is 38.1 Å². The maximum Gasteiger partial charge on any atom is 0.496 e. The molecule has 0 N–H and O–H groups in total. The summed E-state index contributed by atoms with van der Waals surface area (Å²) in [5, 5.41) is 1.12. The normalized spacial score (nSPS) is 19.1. The van der Waals surface area contributed by atoms with E-state index in [0.717, 1.165) is 16.4 Å². The topological polar surface area (TPSA) is 31.4 Å². The summed E-state index contributed by atoms with van der Waals surface area (Å²) in [5.41, 5.74) is 2.07. The first-order valence-corrected chi connectivity index (χ1v) is 6.23. The molecule has 0 saturated carbocycles. The van der Waals surface area contributed by atoms with E-state index in [1.54, 1.807) is 6.20 Å². The van der Waals surface area contributed by atoms with Crippen molar-refractivity contribution in [1.82, 2.24) is 4.98 Å². The molecule has 0 aliphatic carbocycles. The summed E-state index contributed by atoms with van der Waals surface area (Å²) >= 11 is 0. The van der Waals surface area contributed by atoms with Crippen LogP contribution >= 0.6 is 0 Å². The van der Waals surface area contributed by atoms with Crippen LogP contribution in [0.1, 0.15) is 13.8 Å². The molecule has 1 aromatic heterocycles. The van der Waals surface area contributed by atoms with Crippen molar-refractivity contribution < 1.29 is 9.31 Å². The van der Waals surface area contributed by atoms with Crippen molar-refractivity contribution >= 4 is 23.5 Å². The summed E-state index contributed by atoms with van der Waals surface area (Å²) in [7, 11) is -0.295. The Labute approximate surface area is 107 Å². The van der Waals surface area contributed by atoms with Crippen molar-refractivity contribution in [2.45, 2.75) is 13.8 Å². The first kappa shape index (κ1) is 11.7. The maximum absolute atomic E-state index is 5.83. The van der Waals surface area contributed by atoms with Crippen molar-refractivity contribution in [2.75, 3.05) is 13.2 Å². The second-order valence-electron chi connectivity index (χ2n) is 5.54. The molecule has 1 aliphatic heterocycles. The van der Waals surface area contributed by atoms with Gasteiger partial charge in [-0.15, -0.1) is 0 Å². The number of fused-ring (bicyclic) bond motifs is 1. The number of benzene rings is 1. The van der Waals surface area contributed by atoms with Gasteiger partial charge in [0, 0.05) is 30.3 Å². The molecule has 4 heteroatoms. The van der Waals surface area contributed by atoms with Gasteiger partial charge in [0.15, 0.2) is 0 Å². The molecule has 0 unspecified atom stereocenters. The number of nitrogens with zero attached hydrogens (tertiary/aromatic N) is 1. The van der Waals surface area contributed by atoms with E-state index in [2.05, 4.69) is 31.0 Å². The van der Waals surface area contributed by atoms with Gasteiger partial charge in [-0.05, 0) is 11.5 Å². The number of hydrogen-bond acceptors (Lipinski definition) is 3. The molecule has 18 heavy (non-hydrogen) atoms. The third kappa shape index (κ3) is 2.14. The Kier molecular flexibility index (Phi) is 2.84. The molecule has 1 aliphatic rings. The number of aromatic nitrogens is 1. The van der Waals surface area contributed by atoms with Crippen LogP contribution in [0.3, 0.4) is 0 Å². The highest BCUT2D eigenvalue weighted by Crippen LogP contribution is 2.22. The van der Waals surface area contributed by atoms with E-state index >= 15 is 0 Å². The first-order chi connectivity index (χ1) is 8.66. The van der Waals surface area contributed by atoms with Gasteiger partial charge in [-0.2, -0.15) is 0 Å². The Morgan fingerprint density at radius 3 is 2.61 bits per heavy atom. The summed E-state index contributed by atoms with van der Waals surface area (Å²) in [6.07, 6.45) is 1.80. The Morgan fingerprint density at radius 1 is 1.11 bits per heavy atom. The lowest BCUT2D eigenvalue weighted by Gasteiger charge is -2.33. The lowest BCUT2D eigenvalue weighted by atomic mass is 9.75. The molecule has 92 valence electrons. The summed E-state index contributed by atoms with van der Waals surface area (Å²) < 4.78 is 11.7. The zero-order valence-electron chi connectivity index (χ0n) is 10.7. The Morgan fingerprint density at radius 2 is 1.83 bits per heavy atom. The van der Waals surface area contributed by atoms with Gasteiger partial charge in [0.1, 0.15) is 0 Å². The zero-order chi connectivity index (χ0) is 12.6. The third-order valence-electron chi connectivity index (χ3n) is 3.17. The standard InChI is InChI=1S/C14H16BNO2/c1-14(2)9-17-15(18-10-14)12-7-3-5-11-6-4-8-16-13(11)12/h3-8H,9-10H2,1-2H3. The van der Waals surface area contributed by atoms with Gasteiger partial charge >= 0.3 is 7.12 Å². The van der Waals surface area contributed by atoms with E-state index in [-0.39, 0.29) is 12.5 Å². The van der Waals surface area contributed by atoms with E-state index in [0.29, 0.717) is 13.2 Å². The highest BCUT2D eigenvalue weighted by molar-refractivity contribution is 6.64. The molecular formula is C14H16BNO2. The average molecular weight is 241 g/mol. The minimum atomic E-state index is -0.295. The van der Waals surface area contributed by atoms with Crippen molar-refractivity contribution in [3.63, 3.8) is 0 Å². The zero-order valence-corrected chi connectivity index (χ0v) is 10.7. The van der Waals surface area contributed by atoms with E-state index < -0.39 is 0 Å². The smallest absolute Gasteiger partial charge is 0.407 e. The third-order valence-corrected chi connectivity index (χ3v) is 3.17. The van der Waals surface area contributed by atoms with E-state index in [9.17, 15) is 0 Å². The molecule has 0 bridgehead atoms. The number of hydrogen-bond donors (Lipinski definition) is 0. The van der Waals surface area contributed by atoms with Gasteiger partial charge in [-0.3, -0.25) is 4.98 Å². The predicted molar refractivity (Wildman–Crippen MR) is 72.8 cm³/mol. The molecule has 1 fully saturated rings. The van der Waals surface area contributed by atoms with Crippen LogP contribution in [0.25, 0.3) is 10.9 Å². The van der Waals surface area contributed by atoms with Gasteiger partial charge in [0.05, 0.1) is 5.52 Å². The summed E-state index contributed by atoms with van der Waals surface area (Å²) in [6, 6.07) is 10.1. The largest absolute Gasteiger partial charge is 0.496 e. The fourth-order valence-corrected chi connectivity index (χ4v) is 2.19. The quantitative estimate of drug-likeness (QED) is 0.715. The number of para-hydroxylation sites is 1. The average Bonchev–Trinajstić information content (AvgIpc) is 2.38. The lowest BCUT2D eigenvalue weighted by Crippen LogP contribution is -2.47. The van der Waals surface area contributed by atoms with Crippen LogP contribution in [-0.4, -0.2) is 25.3 Å². The van der Waals surface area contributed by atoms with Crippen LogP contribution in [0.2, 0.25) is 0 Å². The Bertz CT molecular complexity index is 555. The first-order valence-electron chi connectivity index (χ1n) is 6.23.